The Kier molecular flexibility index (Phi) is 7.22. The topological polar surface area (TPSA) is 81.7 Å². The van der Waals surface area contributed by atoms with Crippen LogP contribution in [0.25, 0.3) is 0 Å². The SMILES string of the molecule is CC1CCC(C(C)C)C(OC(=O)COC(=O)CC2Sc3ccccc3NC2=O)C1. The molecule has 4 atom stereocenters. The maximum absolute atomic E-state index is 12.2. The number of thioether (sulfide) groups is 1. The van der Waals surface area contributed by atoms with E-state index in [1.807, 2.05) is 24.3 Å². The molecule has 0 spiro atoms. The summed E-state index contributed by atoms with van der Waals surface area (Å²) in [7, 11) is 0. The lowest BCUT2D eigenvalue weighted by Crippen LogP contribution is -2.37. The van der Waals surface area contributed by atoms with Crippen LogP contribution in [0.5, 0.6) is 0 Å². The van der Waals surface area contributed by atoms with Crippen molar-refractivity contribution < 1.29 is 23.9 Å². The minimum absolute atomic E-state index is 0.0901. The number of nitrogens with one attached hydrogen (secondary N) is 1. The van der Waals surface area contributed by atoms with Gasteiger partial charge in [-0.25, -0.2) is 4.79 Å². The van der Waals surface area contributed by atoms with Crippen LogP contribution >= 0.6 is 11.8 Å². The molecular weight excluding hydrogens is 390 g/mol. The molecule has 4 unspecified atom stereocenters. The van der Waals surface area contributed by atoms with Crippen LogP contribution in [0.15, 0.2) is 29.2 Å². The van der Waals surface area contributed by atoms with Gasteiger partial charge in [0.1, 0.15) is 6.10 Å². The van der Waals surface area contributed by atoms with E-state index in [0.29, 0.717) is 17.8 Å². The number of ether oxygens (including phenoxy) is 2. The van der Waals surface area contributed by atoms with Gasteiger partial charge >= 0.3 is 11.9 Å². The van der Waals surface area contributed by atoms with Crippen molar-refractivity contribution in [2.45, 2.75) is 62.7 Å². The van der Waals surface area contributed by atoms with E-state index in [-0.39, 0.29) is 18.4 Å². The maximum Gasteiger partial charge on any atom is 0.344 e. The van der Waals surface area contributed by atoms with Gasteiger partial charge in [0, 0.05) is 4.90 Å². The summed E-state index contributed by atoms with van der Waals surface area (Å²) in [5.41, 5.74) is 0.747. The van der Waals surface area contributed by atoms with Gasteiger partial charge in [-0.05, 0) is 42.7 Å². The zero-order valence-corrected chi connectivity index (χ0v) is 18.0. The molecule has 1 aromatic carbocycles. The highest BCUT2D eigenvalue weighted by Gasteiger charge is 2.34. The fourth-order valence-electron chi connectivity index (χ4n) is 4.03. The number of anilines is 1. The van der Waals surface area contributed by atoms with Gasteiger partial charge in [0.2, 0.25) is 5.91 Å². The monoisotopic (exact) mass is 419 g/mol. The minimum Gasteiger partial charge on any atom is -0.460 e. The van der Waals surface area contributed by atoms with E-state index < -0.39 is 23.8 Å². The molecule has 6 nitrogen and oxygen atoms in total. The maximum atomic E-state index is 12.2. The van der Waals surface area contributed by atoms with Crippen molar-refractivity contribution in [2.75, 3.05) is 11.9 Å². The number of fused-ring (bicyclic) bond motifs is 1. The minimum atomic E-state index is -0.577. The standard InChI is InChI=1S/C22H29NO5S/c1-13(2)15-9-8-14(3)10-17(15)28-21(25)12-27-20(24)11-19-22(26)23-16-6-4-5-7-18(16)29-19/h4-7,13-15,17,19H,8-12H2,1-3H3,(H,23,26). The van der Waals surface area contributed by atoms with Crippen molar-refractivity contribution in [1.82, 2.24) is 0 Å². The molecule has 2 aliphatic rings. The predicted octanol–water partition coefficient (Wildman–Crippen LogP) is 4.04. The van der Waals surface area contributed by atoms with Crippen molar-refractivity contribution in [3.05, 3.63) is 24.3 Å². The molecule has 1 aromatic rings. The zero-order valence-electron chi connectivity index (χ0n) is 17.2. The Bertz CT molecular complexity index is 765. The van der Waals surface area contributed by atoms with Gasteiger partial charge in [-0.2, -0.15) is 0 Å². The highest BCUT2D eigenvalue weighted by atomic mass is 32.2. The number of benzene rings is 1. The first-order valence-electron chi connectivity index (χ1n) is 10.2. The summed E-state index contributed by atoms with van der Waals surface area (Å²) in [6, 6.07) is 7.44. The largest absolute Gasteiger partial charge is 0.460 e. The van der Waals surface area contributed by atoms with E-state index in [1.54, 1.807) is 0 Å². The van der Waals surface area contributed by atoms with Crippen LogP contribution in [0, 0.1) is 17.8 Å². The molecule has 1 aliphatic heterocycles. The number of hydrogen-bond acceptors (Lipinski definition) is 6. The predicted molar refractivity (Wildman–Crippen MR) is 112 cm³/mol. The lowest BCUT2D eigenvalue weighted by atomic mass is 9.75. The summed E-state index contributed by atoms with van der Waals surface area (Å²) < 4.78 is 10.7. The Labute approximate surface area is 176 Å². The van der Waals surface area contributed by atoms with Gasteiger partial charge in [0.25, 0.3) is 0 Å². The fourth-order valence-corrected chi connectivity index (χ4v) is 5.12. The van der Waals surface area contributed by atoms with Gasteiger partial charge in [-0.15, -0.1) is 11.8 Å². The molecule has 3 rings (SSSR count). The molecular formula is C22H29NO5S. The van der Waals surface area contributed by atoms with Crippen LogP contribution in [0.2, 0.25) is 0 Å². The number of carbonyl (C=O) groups excluding carboxylic acids is 3. The van der Waals surface area contributed by atoms with Gasteiger partial charge in [-0.1, -0.05) is 39.3 Å². The van der Waals surface area contributed by atoms with Gasteiger partial charge in [0.05, 0.1) is 17.4 Å². The highest BCUT2D eigenvalue weighted by molar-refractivity contribution is 8.01. The summed E-state index contributed by atoms with van der Waals surface area (Å²) in [5, 5.41) is 2.22. The molecule has 1 fully saturated rings. The van der Waals surface area contributed by atoms with Gasteiger partial charge in [0.15, 0.2) is 6.61 Å². The smallest absolute Gasteiger partial charge is 0.344 e. The highest BCUT2D eigenvalue weighted by Crippen LogP contribution is 2.37. The number of rotatable bonds is 6. The molecule has 1 N–H and O–H groups in total. The van der Waals surface area contributed by atoms with E-state index >= 15 is 0 Å². The Morgan fingerprint density at radius 3 is 2.72 bits per heavy atom. The molecule has 1 saturated carbocycles. The third-order valence-electron chi connectivity index (χ3n) is 5.65. The van der Waals surface area contributed by atoms with E-state index in [1.165, 1.54) is 11.8 Å². The number of carbonyl (C=O) groups is 3. The van der Waals surface area contributed by atoms with Crippen molar-refractivity contribution in [1.29, 1.82) is 0 Å². The van der Waals surface area contributed by atoms with Crippen LogP contribution in [0.4, 0.5) is 5.69 Å². The summed E-state index contributed by atoms with van der Waals surface area (Å²) >= 11 is 1.33. The number of amides is 1. The number of para-hydroxylation sites is 1. The van der Waals surface area contributed by atoms with Crippen LogP contribution < -0.4 is 5.32 Å². The molecule has 0 radical (unpaired) electrons. The Morgan fingerprint density at radius 2 is 1.97 bits per heavy atom. The first kappa shape index (κ1) is 21.7. The average molecular weight is 420 g/mol. The summed E-state index contributed by atoms with van der Waals surface area (Å²) in [6.45, 7) is 6.05. The first-order chi connectivity index (χ1) is 13.8. The van der Waals surface area contributed by atoms with Crippen molar-refractivity contribution in [2.24, 2.45) is 17.8 Å². The second-order valence-corrected chi connectivity index (χ2v) is 9.56. The second-order valence-electron chi connectivity index (χ2n) is 8.31. The third kappa shape index (κ3) is 5.75. The lowest BCUT2D eigenvalue weighted by molar-refractivity contribution is -0.167. The van der Waals surface area contributed by atoms with Crippen LogP contribution in [-0.2, 0) is 23.9 Å². The summed E-state index contributed by atoms with van der Waals surface area (Å²) in [6.07, 6.45) is 2.83. The Balaban J connectivity index is 1.46. The molecule has 0 aromatic heterocycles. The van der Waals surface area contributed by atoms with E-state index in [4.69, 9.17) is 9.47 Å². The Morgan fingerprint density at radius 1 is 1.21 bits per heavy atom. The quantitative estimate of drug-likeness (QED) is 0.701. The van der Waals surface area contributed by atoms with Crippen molar-refractivity contribution in [3.8, 4) is 0 Å². The molecule has 1 amide bonds. The molecule has 1 heterocycles. The second kappa shape index (κ2) is 9.65. The lowest BCUT2D eigenvalue weighted by Gasteiger charge is -2.36. The van der Waals surface area contributed by atoms with Crippen LogP contribution in [0.3, 0.4) is 0 Å². The molecule has 7 heteroatoms. The summed E-state index contributed by atoms with van der Waals surface area (Å²) in [4.78, 5) is 37.5. The molecule has 1 aliphatic carbocycles. The summed E-state index contributed by atoms with van der Waals surface area (Å²) in [5.74, 6) is -0.0271. The van der Waals surface area contributed by atoms with E-state index in [2.05, 4.69) is 26.1 Å². The number of esters is 2. The third-order valence-corrected chi connectivity index (χ3v) is 6.93. The first-order valence-corrected chi connectivity index (χ1v) is 11.1. The van der Waals surface area contributed by atoms with E-state index in [0.717, 1.165) is 29.8 Å². The van der Waals surface area contributed by atoms with Crippen molar-refractivity contribution in [3.63, 3.8) is 0 Å². The average Bonchev–Trinajstić information content (AvgIpc) is 2.67. The van der Waals surface area contributed by atoms with Crippen LogP contribution in [0.1, 0.15) is 46.5 Å². The normalized spacial score (nSPS) is 26.4. The molecule has 158 valence electrons. The zero-order chi connectivity index (χ0) is 21.0. The van der Waals surface area contributed by atoms with Crippen molar-refractivity contribution >= 4 is 35.3 Å². The van der Waals surface area contributed by atoms with Gasteiger partial charge in [-0.3, -0.25) is 9.59 Å². The van der Waals surface area contributed by atoms with Crippen LogP contribution in [-0.4, -0.2) is 35.8 Å². The number of hydrogen-bond donors (Lipinski definition) is 1. The Hall–Kier alpha value is -2.02. The molecule has 0 bridgehead atoms. The fraction of sp³-hybridized carbons (Fsp3) is 0.591. The molecule has 0 saturated heterocycles. The van der Waals surface area contributed by atoms with Gasteiger partial charge < -0.3 is 14.8 Å². The van der Waals surface area contributed by atoms with E-state index in [9.17, 15) is 14.4 Å². The molecule has 29 heavy (non-hydrogen) atoms.